The highest BCUT2D eigenvalue weighted by molar-refractivity contribution is 5.76. The van der Waals surface area contributed by atoms with E-state index in [-0.39, 0.29) is 11.4 Å². The number of carbonyl (C=O) groups is 1. The number of nitrogens with two attached hydrogens (primary N) is 1. The Morgan fingerprint density at radius 2 is 1.93 bits per heavy atom. The summed E-state index contributed by atoms with van der Waals surface area (Å²) in [7, 11) is 0. The van der Waals surface area contributed by atoms with Gasteiger partial charge in [0.2, 0.25) is 5.91 Å². The van der Waals surface area contributed by atoms with E-state index in [1.807, 2.05) is 0 Å². The van der Waals surface area contributed by atoms with Gasteiger partial charge in [0.05, 0.1) is 0 Å². The van der Waals surface area contributed by atoms with Crippen molar-refractivity contribution < 1.29 is 4.79 Å². The lowest BCUT2D eigenvalue weighted by atomic mass is 9.78. The minimum Gasteiger partial charge on any atom is -0.354 e. The number of amides is 1. The molecule has 0 radical (unpaired) electrons. The summed E-state index contributed by atoms with van der Waals surface area (Å²) in [5, 5.41) is 2.99. The van der Waals surface area contributed by atoms with Crippen molar-refractivity contribution in [3.05, 3.63) is 0 Å². The predicted molar refractivity (Wildman–Crippen MR) is 60.4 cm³/mol. The summed E-state index contributed by atoms with van der Waals surface area (Å²) in [4.78, 5) is 11.6. The summed E-state index contributed by atoms with van der Waals surface area (Å²) < 4.78 is 0. The molecule has 2 aliphatic rings. The number of carbonyl (C=O) groups excluding carboxylic acids is 1. The van der Waals surface area contributed by atoms with Crippen molar-refractivity contribution in [1.29, 1.82) is 0 Å². The average molecular weight is 210 g/mol. The molecule has 3 heteroatoms. The van der Waals surface area contributed by atoms with Crippen LogP contribution in [0.2, 0.25) is 0 Å². The molecule has 0 spiro atoms. The third-order valence-corrected chi connectivity index (χ3v) is 3.94. The molecule has 0 aromatic carbocycles. The lowest BCUT2D eigenvalue weighted by Crippen LogP contribution is -2.55. The van der Waals surface area contributed by atoms with Crippen LogP contribution >= 0.6 is 0 Å². The molecule has 0 atom stereocenters. The third kappa shape index (κ3) is 2.94. The Hall–Kier alpha value is -0.570. The quantitative estimate of drug-likeness (QED) is 0.740. The smallest absolute Gasteiger partial charge is 0.220 e. The van der Waals surface area contributed by atoms with Crippen molar-refractivity contribution >= 4 is 5.91 Å². The summed E-state index contributed by atoms with van der Waals surface area (Å²) in [5.74, 6) is 0.846. The largest absolute Gasteiger partial charge is 0.354 e. The molecule has 86 valence electrons. The van der Waals surface area contributed by atoms with Gasteiger partial charge in [-0.2, -0.15) is 0 Å². The van der Waals surface area contributed by atoms with Gasteiger partial charge in [-0.25, -0.2) is 0 Å². The highest BCUT2D eigenvalue weighted by Gasteiger charge is 2.32. The van der Waals surface area contributed by atoms with E-state index < -0.39 is 0 Å². The van der Waals surface area contributed by atoms with Crippen LogP contribution in [-0.2, 0) is 4.79 Å². The fraction of sp³-hybridized carbons (Fsp3) is 0.917. The second-order valence-corrected chi connectivity index (χ2v) is 5.35. The molecular weight excluding hydrogens is 188 g/mol. The number of hydrogen-bond acceptors (Lipinski definition) is 2. The molecule has 3 N–H and O–H groups in total. The van der Waals surface area contributed by atoms with Gasteiger partial charge in [0.1, 0.15) is 0 Å². The molecule has 0 bridgehead atoms. The number of rotatable bonds is 4. The molecule has 0 unspecified atom stereocenters. The first-order valence-electron chi connectivity index (χ1n) is 6.24. The Morgan fingerprint density at radius 1 is 1.27 bits per heavy atom. The first kappa shape index (κ1) is 10.9. The fourth-order valence-corrected chi connectivity index (χ4v) is 2.63. The predicted octanol–water partition coefficient (Wildman–Crippen LogP) is 1.56. The maximum Gasteiger partial charge on any atom is 0.220 e. The Bertz CT molecular complexity index is 230. The van der Waals surface area contributed by atoms with E-state index in [4.69, 9.17) is 5.73 Å². The fourth-order valence-electron chi connectivity index (χ4n) is 2.63. The van der Waals surface area contributed by atoms with Gasteiger partial charge in [-0.3, -0.25) is 4.79 Å². The third-order valence-electron chi connectivity index (χ3n) is 3.94. The van der Waals surface area contributed by atoms with E-state index in [1.165, 1.54) is 32.1 Å². The molecule has 0 heterocycles. The Balaban J connectivity index is 1.63. The normalized spacial score (nSPS) is 24.9. The van der Waals surface area contributed by atoms with Crippen LogP contribution in [0, 0.1) is 5.92 Å². The summed E-state index contributed by atoms with van der Waals surface area (Å²) in [5.41, 5.74) is 5.97. The van der Waals surface area contributed by atoms with Crippen molar-refractivity contribution in [2.75, 3.05) is 6.54 Å². The minimum atomic E-state index is -0.0780. The van der Waals surface area contributed by atoms with Crippen molar-refractivity contribution in [2.45, 2.75) is 56.9 Å². The van der Waals surface area contributed by atoms with Gasteiger partial charge in [0, 0.05) is 18.5 Å². The molecule has 2 aliphatic carbocycles. The van der Waals surface area contributed by atoms with Crippen LogP contribution in [0.15, 0.2) is 0 Å². The topological polar surface area (TPSA) is 55.1 Å². The molecule has 0 aromatic rings. The monoisotopic (exact) mass is 210 g/mol. The lowest BCUT2D eigenvalue weighted by Gasteiger charge is -2.38. The van der Waals surface area contributed by atoms with E-state index in [0.717, 1.165) is 19.3 Å². The zero-order valence-electron chi connectivity index (χ0n) is 9.43. The van der Waals surface area contributed by atoms with Gasteiger partial charge < -0.3 is 11.1 Å². The molecule has 0 aromatic heterocycles. The summed E-state index contributed by atoms with van der Waals surface area (Å²) in [6.45, 7) is 0.679. The van der Waals surface area contributed by atoms with Crippen molar-refractivity contribution in [2.24, 2.45) is 11.7 Å². The maximum absolute atomic E-state index is 11.6. The van der Waals surface area contributed by atoms with E-state index in [2.05, 4.69) is 5.32 Å². The van der Waals surface area contributed by atoms with Gasteiger partial charge in [0.15, 0.2) is 0 Å². The standard InChI is InChI=1S/C12H22N2O/c13-12(6-3-7-12)9-14-11(15)8-10-4-1-2-5-10/h10H,1-9,13H2,(H,14,15). The lowest BCUT2D eigenvalue weighted by molar-refractivity contribution is -0.122. The summed E-state index contributed by atoms with van der Waals surface area (Å²) >= 11 is 0. The van der Waals surface area contributed by atoms with Crippen molar-refractivity contribution in [3.63, 3.8) is 0 Å². The van der Waals surface area contributed by atoms with Crippen LogP contribution in [0.4, 0.5) is 0 Å². The van der Waals surface area contributed by atoms with Gasteiger partial charge in [-0.1, -0.05) is 12.8 Å². The first-order chi connectivity index (χ1) is 7.18. The summed E-state index contributed by atoms with van der Waals surface area (Å²) in [6, 6.07) is 0. The second-order valence-electron chi connectivity index (χ2n) is 5.35. The molecule has 2 saturated carbocycles. The molecule has 2 fully saturated rings. The zero-order chi connectivity index (χ0) is 10.7. The molecule has 0 aliphatic heterocycles. The van der Waals surface area contributed by atoms with E-state index in [0.29, 0.717) is 12.5 Å². The number of hydrogen-bond donors (Lipinski definition) is 2. The second kappa shape index (κ2) is 4.52. The maximum atomic E-state index is 11.6. The first-order valence-corrected chi connectivity index (χ1v) is 6.24. The van der Waals surface area contributed by atoms with Crippen molar-refractivity contribution in [3.8, 4) is 0 Å². The van der Waals surface area contributed by atoms with Crippen LogP contribution < -0.4 is 11.1 Å². The van der Waals surface area contributed by atoms with Crippen molar-refractivity contribution in [1.82, 2.24) is 5.32 Å². The molecule has 15 heavy (non-hydrogen) atoms. The van der Waals surface area contributed by atoms with E-state index in [1.54, 1.807) is 0 Å². The molecule has 1 amide bonds. The van der Waals surface area contributed by atoms with Crippen LogP contribution in [0.25, 0.3) is 0 Å². The Labute approximate surface area is 91.8 Å². The molecule has 0 saturated heterocycles. The SMILES string of the molecule is NC1(CNC(=O)CC2CCCC2)CCC1. The highest BCUT2D eigenvalue weighted by Crippen LogP contribution is 2.29. The molecular formula is C12H22N2O. The van der Waals surface area contributed by atoms with Gasteiger partial charge in [-0.05, 0) is 38.0 Å². The van der Waals surface area contributed by atoms with Gasteiger partial charge in [0.25, 0.3) is 0 Å². The van der Waals surface area contributed by atoms with Gasteiger partial charge in [-0.15, -0.1) is 0 Å². The Kier molecular flexibility index (Phi) is 3.29. The molecule has 2 rings (SSSR count). The minimum absolute atomic E-state index is 0.0780. The molecule has 3 nitrogen and oxygen atoms in total. The average Bonchev–Trinajstić information content (AvgIpc) is 2.64. The van der Waals surface area contributed by atoms with Crippen LogP contribution in [-0.4, -0.2) is 18.0 Å². The summed E-state index contributed by atoms with van der Waals surface area (Å²) in [6.07, 6.45) is 9.15. The number of nitrogens with one attached hydrogen (secondary N) is 1. The van der Waals surface area contributed by atoms with E-state index in [9.17, 15) is 4.79 Å². The Morgan fingerprint density at radius 3 is 2.47 bits per heavy atom. The van der Waals surface area contributed by atoms with Crippen LogP contribution in [0.1, 0.15) is 51.4 Å². The van der Waals surface area contributed by atoms with E-state index >= 15 is 0 Å². The van der Waals surface area contributed by atoms with Crippen LogP contribution in [0.5, 0.6) is 0 Å². The van der Waals surface area contributed by atoms with Gasteiger partial charge >= 0.3 is 0 Å². The van der Waals surface area contributed by atoms with Crippen LogP contribution in [0.3, 0.4) is 0 Å². The highest BCUT2D eigenvalue weighted by atomic mass is 16.1. The zero-order valence-corrected chi connectivity index (χ0v) is 9.43.